The van der Waals surface area contributed by atoms with E-state index in [9.17, 15) is 9.59 Å². The van der Waals surface area contributed by atoms with Gasteiger partial charge in [-0.25, -0.2) is 9.59 Å². The molecule has 0 aliphatic rings. The number of hydrogen-bond acceptors (Lipinski definition) is 5. The van der Waals surface area contributed by atoms with Crippen molar-refractivity contribution < 1.29 is 19.1 Å². The smallest absolute Gasteiger partial charge is 0.424 e. The summed E-state index contributed by atoms with van der Waals surface area (Å²) in [6.07, 6.45) is 0.0752. The molecule has 0 atom stereocenters. The van der Waals surface area contributed by atoms with Crippen LogP contribution in [0.1, 0.15) is 47.2 Å². The summed E-state index contributed by atoms with van der Waals surface area (Å²) in [5.41, 5.74) is -0.298. The number of benzene rings is 1. The van der Waals surface area contributed by atoms with Crippen molar-refractivity contribution in [1.29, 1.82) is 0 Å². The quantitative estimate of drug-likeness (QED) is 0.699. The Morgan fingerprint density at radius 1 is 0.885 bits per heavy atom. The first-order valence-electron chi connectivity index (χ1n) is 8.49. The summed E-state index contributed by atoms with van der Waals surface area (Å²) >= 11 is 0. The van der Waals surface area contributed by atoms with E-state index >= 15 is 0 Å². The highest BCUT2D eigenvalue weighted by atomic mass is 16.6. The van der Waals surface area contributed by atoms with Gasteiger partial charge in [-0.3, -0.25) is 4.98 Å². The minimum atomic E-state index is -0.784. The van der Waals surface area contributed by atoms with Crippen LogP contribution >= 0.6 is 0 Å². The molecule has 0 unspecified atom stereocenters. The van der Waals surface area contributed by atoms with Crippen LogP contribution in [0.4, 0.5) is 15.3 Å². The number of pyridine rings is 1. The Kier molecular flexibility index (Phi) is 5.26. The second-order valence-corrected chi connectivity index (χ2v) is 8.06. The average molecular weight is 358 g/mol. The van der Waals surface area contributed by atoms with Gasteiger partial charge in [-0.15, -0.1) is 0 Å². The van der Waals surface area contributed by atoms with Gasteiger partial charge in [0, 0.05) is 22.7 Å². The van der Waals surface area contributed by atoms with Gasteiger partial charge in [0.05, 0.1) is 5.69 Å². The van der Waals surface area contributed by atoms with E-state index in [-0.39, 0.29) is 0 Å². The van der Waals surface area contributed by atoms with Gasteiger partial charge in [-0.05, 0) is 60.6 Å². The zero-order chi connectivity index (χ0) is 19.7. The fourth-order valence-corrected chi connectivity index (χ4v) is 2.42. The highest BCUT2D eigenvalue weighted by Crippen LogP contribution is 2.30. The Balaban J connectivity index is 2.59. The molecule has 0 aliphatic carbocycles. The molecule has 0 fully saturated rings. The number of nitrogens with zero attached hydrogens (tertiary/aromatic N) is 2. The number of amides is 2. The van der Waals surface area contributed by atoms with Crippen molar-refractivity contribution in [1.82, 2.24) is 4.98 Å². The molecule has 0 N–H and O–H groups in total. The molecule has 0 bridgehead atoms. The second kappa shape index (κ2) is 6.94. The van der Waals surface area contributed by atoms with E-state index in [0.29, 0.717) is 5.69 Å². The van der Waals surface area contributed by atoms with Crippen LogP contribution in [0.5, 0.6) is 0 Å². The maximum absolute atomic E-state index is 12.8. The van der Waals surface area contributed by atoms with Gasteiger partial charge in [0.15, 0.2) is 0 Å². The molecule has 0 aliphatic heterocycles. The first-order chi connectivity index (χ1) is 11.9. The number of imide groups is 1. The molecular formula is C20H26N2O4. The lowest BCUT2D eigenvalue weighted by molar-refractivity contribution is 0.0431. The molecule has 6 heteroatoms. The van der Waals surface area contributed by atoms with Crippen molar-refractivity contribution in [2.24, 2.45) is 0 Å². The topological polar surface area (TPSA) is 68.7 Å². The third-order valence-corrected chi connectivity index (χ3v) is 3.38. The highest BCUT2D eigenvalue weighted by Gasteiger charge is 2.33. The van der Waals surface area contributed by atoms with Crippen LogP contribution in [-0.2, 0) is 9.47 Å². The number of carbonyl (C=O) groups excluding carboxylic acids is 2. The van der Waals surface area contributed by atoms with Crippen LogP contribution < -0.4 is 4.90 Å². The fraction of sp³-hybridized carbons (Fsp3) is 0.450. The van der Waals surface area contributed by atoms with Gasteiger partial charge in [0.1, 0.15) is 11.2 Å². The van der Waals surface area contributed by atoms with Crippen molar-refractivity contribution >= 4 is 28.6 Å². The van der Waals surface area contributed by atoms with Gasteiger partial charge in [0.2, 0.25) is 0 Å². The summed E-state index contributed by atoms with van der Waals surface area (Å²) in [5, 5.41) is 1.57. The van der Waals surface area contributed by atoms with E-state index in [0.717, 1.165) is 21.4 Å². The number of anilines is 1. The standard InChI is InChI=1S/C20H26N2O4/c1-13-14-9-8-10-16(15(14)11-12-21-13)22(17(23)25-19(2,3)4)18(24)26-20(5,6)7/h8-12H,1-7H3. The Hall–Kier alpha value is -2.63. The molecule has 6 nitrogen and oxygen atoms in total. The van der Waals surface area contributed by atoms with E-state index in [1.807, 2.05) is 13.0 Å². The Morgan fingerprint density at radius 2 is 1.42 bits per heavy atom. The van der Waals surface area contributed by atoms with E-state index < -0.39 is 23.4 Å². The molecular weight excluding hydrogens is 332 g/mol. The van der Waals surface area contributed by atoms with Crippen LogP contribution in [0, 0.1) is 6.92 Å². The van der Waals surface area contributed by atoms with E-state index in [1.54, 1.807) is 65.9 Å². The SMILES string of the molecule is Cc1nccc2c(N(C(=O)OC(C)(C)C)C(=O)OC(C)(C)C)cccc12. The minimum Gasteiger partial charge on any atom is -0.443 e. The fourth-order valence-electron chi connectivity index (χ4n) is 2.42. The number of rotatable bonds is 1. The van der Waals surface area contributed by atoms with Crippen LogP contribution in [-0.4, -0.2) is 28.4 Å². The maximum Gasteiger partial charge on any atom is 0.424 e. The summed E-state index contributed by atoms with van der Waals surface area (Å²) in [5.74, 6) is 0. The largest absolute Gasteiger partial charge is 0.443 e. The van der Waals surface area contributed by atoms with Gasteiger partial charge in [-0.1, -0.05) is 12.1 Å². The lowest BCUT2D eigenvalue weighted by Gasteiger charge is -2.29. The van der Waals surface area contributed by atoms with Crippen LogP contribution in [0.15, 0.2) is 30.5 Å². The number of fused-ring (bicyclic) bond motifs is 1. The number of ether oxygens (including phenoxy) is 2. The van der Waals surface area contributed by atoms with Gasteiger partial charge in [-0.2, -0.15) is 4.90 Å². The molecule has 0 saturated heterocycles. The Bertz CT molecular complexity index is 804. The molecule has 1 heterocycles. The highest BCUT2D eigenvalue weighted by molar-refractivity contribution is 6.15. The average Bonchev–Trinajstić information content (AvgIpc) is 2.44. The maximum atomic E-state index is 12.8. The Labute approximate surface area is 154 Å². The zero-order valence-corrected chi connectivity index (χ0v) is 16.4. The Morgan fingerprint density at radius 3 is 1.92 bits per heavy atom. The minimum absolute atomic E-state index is 0.400. The molecule has 2 rings (SSSR count). The molecule has 2 aromatic rings. The molecule has 0 saturated carbocycles. The van der Waals surface area contributed by atoms with Crippen molar-refractivity contribution in [2.45, 2.75) is 59.7 Å². The van der Waals surface area contributed by atoms with Crippen LogP contribution in [0.2, 0.25) is 0 Å². The summed E-state index contributed by atoms with van der Waals surface area (Å²) < 4.78 is 10.9. The van der Waals surface area contributed by atoms with E-state index in [4.69, 9.17) is 9.47 Å². The molecule has 1 aromatic carbocycles. The summed E-state index contributed by atoms with van der Waals surface area (Å²) in [6.45, 7) is 12.3. The van der Waals surface area contributed by atoms with Crippen molar-refractivity contribution in [3.63, 3.8) is 0 Å². The molecule has 26 heavy (non-hydrogen) atoms. The van der Waals surface area contributed by atoms with Gasteiger partial charge in [0.25, 0.3) is 0 Å². The van der Waals surface area contributed by atoms with Crippen LogP contribution in [0.25, 0.3) is 10.8 Å². The molecule has 140 valence electrons. The first-order valence-corrected chi connectivity index (χ1v) is 8.49. The number of carbonyl (C=O) groups is 2. The summed E-state index contributed by atoms with van der Waals surface area (Å²) in [4.78, 5) is 30.8. The zero-order valence-electron chi connectivity index (χ0n) is 16.4. The van der Waals surface area contributed by atoms with E-state index in [2.05, 4.69) is 4.98 Å². The third-order valence-electron chi connectivity index (χ3n) is 3.38. The normalized spacial score (nSPS) is 12.0. The van der Waals surface area contributed by atoms with Crippen molar-refractivity contribution in [3.8, 4) is 0 Å². The molecule has 0 radical (unpaired) electrons. The van der Waals surface area contributed by atoms with Crippen LogP contribution in [0.3, 0.4) is 0 Å². The van der Waals surface area contributed by atoms with E-state index in [1.165, 1.54) is 0 Å². The summed E-state index contributed by atoms with van der Waals surface area (Å²) in [7, 11) is 0. The second-order valence-electron chi connectivity index (χ2n) is 8.06. The van der Waals surface area contributed by atoms with Crippen molar-refractivity contribution in [2.75, 3.05) is 4.90 Å². The van der Waals surface area contributed by atoms with Gasteiger partial charge < -0.3 is 9.47 Å². The number of aromatic nitrogens is 1. The molecule has 0 spiro atoms. The van der Waals surface area contributed by atoms with Crippen molar-refractivity contribution in [3.05, 3.63) is 36.2 Å². The predicted octanol–water partition coefficient (Wildman–Crippen LogP) is 5.22. The molecule has 2 amide bonds. The summed E-state index contributed by atoms with van der Waals surface area (Å²) in [6, 6.07) is 7.12. The monoisotopic (exact) mass is 358 g/mol. The number of aryl methyl sites for hydroxylation is 1. The van der Waals surface area contributed by atoms with Gasteiger partial charge >= 0.3 is 12.2 Å². The lowest BCUT2D eigenvalue weighted by atomic mass is 10.1. The first kappa shape index (κ1) is 19.7. The lowest BCUT2D eigenvalue weighted by Crippen LogP contribution is -2.43. The molecule has 1 aromatic heterocycles. The predicted molar refractivity (Wildman–Crippen MR) is 101 cm³/mol. The number of hydrogen-bond donors (Lipinski definition) is 0. The third kappa shape index (κ3) is 4.71.